The van der Waals surface area contributed by atoms with Crippen molar-refractivity contribution in [1.29, 1.82) is 0 Å². The van der Waals surface area contributed by atoms with E-state index in [1.807, 2.05) is 31.2 Å². The van der Waals surface area contributed by atoms with E-state index in [4.69, 9.17) is 4.42 Å². The number of furan rings is 1. The fourth-order valence-electron chi connectivity index (χ4n) is 2.34. The van der Waals surface area contributed by atoms with Crippen LogP contribution in [0.15, 0.2) is 64.1 Å². The zero-order valence-electron chi connectivity index (χ0n) is 14.2. The lowest BCUT2D eigenvalue weighted by Gasteiger charge is -2.01. The molecule has 2 aromatic carbocycles. The first-order valence-electron chi connectivity index (χ1n) is 7.83. The van der Waals surface area contributed by atoms with Crippen molar-refractivity contribution in [3.8, 4) is 11.3 Å². The van der Waals surface area contributed by atoms with E-state index in [1.165, 1.54) is 12.3 Å². The number of aryl methyl sites for hydroxylation is 1. The van der Waals surface area contributed by atoms with E-state index in [0.717, 1.165) is 23.3 Å². The maximum absolute atomic E-state index is 11.1. The molecule has 0 unspecified atom stereocenters. The Morgan fingerprint density at radius 1 is 1.00 bits per heavy atom. The summed E-state index contributed by atoms with van der Waals surface area (Å²) in [4.78, 5) is 20.4. The lowest BCUT2D eigenvalue weighted by molar-refractivity contribution is -0.393. The van der Waals surface area contributed by atoms with E-state index in [2.05, 4.69) is 10.5 Å². The summed E-state index contributed by atoms with van der Waals surface area (Å²) in [6, 6.07) is 14.6. The van der Waals surface area contributed by atoms with E-state index in [1.54, 1.807) is 12.1 Å². The van der Waals surface area contributed by atoms with Crippen LogP contribution in [0.2, 0.25) is 0 Å². The highest BCUT2D eigenvalue weighted by atomic mass is 16.6. The van der Waals surface area contributed by atoms with E-state index >= 15 is 0 Å². The number of nitro groups is 2. The maximum Gasteiger partial charge on any atom is 0.301 e. The van der Waals surface area contributed by atoms with Gasteiger partial charge in [0.1, 0.15) is 17.2 Å². The Labute approximate surface area is 153 Å². The topological polar surface area (TPSA) is 124 Å². The van der Waals surface area contributed by atoms with Crippen LogP contribution in [-0.4, -0.2) is 16.1 Å². The molecule has 27 heavy (non-hydrogen) atoms. The Morgan fingerprint density at radius 3 is 2.41 bits per heavy atom. The average Bonchev–Trinajstić information content (AvgIpc) is 3.11. The van der Waals surface area contributed by atoms with E-state index in [9.17, 15) is 20.2 Å². The maximum atomic E-state index is 11.1. The minimum Gasteiger partial charge on any atom is -0.455 e. The van der Waals surface area contributed by atoms with Gasteiger partial charge in [0, 0.05) is 11.6 Å². The molecule has 9 heteroatoms. The van der Waals surface area contributed by atoms with Gasteiger partial charge in [-0.25, -0.2) is 0 Å². The Kier molecular flexibility index (Phi) is 4.93. The zero-order valence-corrected chi connectivity index (χ0v) is 14.2. The molecule has 0 spiro atoms. The number of nitrogens with zero attached hydrogens (tertiary/aromatic N) is 3. The highest BCUT2D eigenvalue weighted by Crippen LogP contribution is 2.29. The summed E-state index contributed by atoms with van der Waals surface area (Å²) in [6.45, 7) is 1.99. The molecular weight excluding hydrogens is 352 g/mol. The van der Waals surface area contributed by atoms with Gasteiger partial charge in [-0.05, 0) is 25.1 Å². The van der Waals surface area contributed by atoms with Crippen molar-refractivity contribution in [2.45, 2.75) is 6.92 Å². The van der Waals surface area contributed by atoms with Crippen molar-refractivity contribution in [2.24, 2.45) is 5.10 Å². The predicted molar refractivity (Wildman–Crippen MR) is 99.8 cm³/mol. The Morgan fingerprint density at radius 2 is 1.74 bits per heavy atom. The summed E-state index contributed by atoms with van der Waals surface area (Å²) in [5.41, 5.74) is 3.79. The van der Waals surface area contributed by atoms with Gasteiger partial charge in [0.25, 0.3) is 5.69 Å². The van der Waals surface area contributed by atoms with Crippen molar-refractivity contribution in [1.82, 2.24) is 0 Å². The van der Waals surface area contributed by atoms with Crippen LogP contribution in [-0.2, 0) is 0 Å². The fraction of sp³-hybridized carbons (Fsp3) is 0.0556. The SMILES string of the molecule is Cc1ccc(-c2ccc(C=NNc3ccc([N+](=O)[O-])cc3[N+](=O)[O-])o2)cc1. The number of benzene rings is 2. The minimum atomic E-state index is -0.715. The van der Waals surface area contributed by atoms with Crippen molar-refractivity contribution in [2.75, 3.05) is 5.43 Å². The third kappa shape index (κ3) is 4.15. The van der Waals surface area contributed by atoms with Crippen molar-refractivity contribution >= 4 is 23.3 Å². The minimum absolute atomic E-state index is 0.0344. The second-order valence-electron chi connectivity index (χ2n) is 5.65. The zero-order chi connectivity index (χ0) is 19.4. The highest BCUT2D eigenvalue weighted by molar-refractivity contribution is 5.78. The van der Waals surface area contributed by atoms with Crippen LogP contribution in [0.5, 0.6) is 0 Å². The van der Waals surface area contributed by atoms with Crippen LogP contribution in [0.3, 0.4) is 0 Å². The van der Waals surface area contributed by atoms with Gasteiger partial charge in [-0.3, -0.25) is 25.7 Å². The molecule has 1 heterocycles. The van der Waals surface area contributed by atoms with Crippen LogP contribution < -0.4 is 5.43 Å². The van der Waals surface area contributed by atoms with E-state index < -0.39 is 15.5 Å². The quantitative estimate of drug-likeness (QED) is 0.388. The first kappa shape index (κ1) is 17.8. The largest absolute Gasteiger partial charge is 0.455 e. The molecule has 1 N–H and O–H groups in total. The summed E-state index contributed by atoms with van der Waals surface area (Å²) >= 11 is 0. The molecule has 0 bridgehead atoms. The molecule has 0 fully saturated rings. The summed E-state index contributed by atoms with van der Waals surface area (Å²) in [7, 11) is 0. The van der Waals surface area contributed by atoms with E-state index in [-0.39, 0.29) is 11.4 Å². The van der Waals surface area contributed by atoms with Crippen molar-refractivity contribution < 1.29 is 14.3 Å². The second-order valence-corrected chi connectivity index (χ2v) is 5.65. The molecule has 0 amide bonds. The first-order valence-corrected chi connectivity index (χ1v) is 7.83. The molecule has 0 atom stereocenters. The summed E-state index contributed by atoms with van der Waals surface area (Å²) in [5, 5.41) is 25.7. The molecule has 136 valence electrons. The smallest absolute Gasteiger partial charge is 0.301 e. The second kappa shape index (κ2) is 7.48. The first-order chi connectivity index (χ1) is 12.9. The van der Waals surface area contributed by atoms with Gasteiger partial charge in [0.2, 0.25) is 0 Å². The molecule has 0 aliphatic heterocycles. The monoisotopic (exact) mass is 366 g/mol. The van der Waals surface area contributed by atoms with Gasteiger partial charge in [-0.15, -0.1) is 0 Å². The number of nitro benzene ring substituents is 2. The Balaban J connectivity index is 1.75. The highest BCUT2D eigenvalue weighted by Gasteiger charge is 2.19. The molecule has 3 aromatic rings. The molecule has 1 aromatic heterocycles. The molecule has 0 saturated carbocycles. The van der Waals surface area contributed by atoms with Gasteiger partial charge >= 0.3 is 5.69 Å². The number of anilines is 1. The van der Waals surface area contributed by atoms with Gasteiger partial charge in [-0.1, -0.05) is 29.8 Å². The molecule has 0 radical (unpaired) electrons. The summed E-state index contributed by atoms with van der Waals surface area (Å²) in [6.07, 6.45) is 1.36. The van der Waals surface area contributed by atoms with Crippen LogP contribution in [0, 0.1) is 27.2 Å². The Hall–Kier alpha value is -4.01. The lowest BCUT2D eigenvalue weighted by atomic mass is 10.1. The summed E-state index contributed by atoms with van der Waals surface area (Å²) in [5.74, 6) is 1.11. The van der Waals surface area contributed by atoms with Gasteiger partial charge < -0.3 is 4.42 Å². The Bertz CT molecular complexity index is 1020. The number of rotatable bonds is 6. The molecule has 3 rings (SSSR count). The third-order valence-corrected chi connectivity index (χ3v) is 3.73. The van der Waals surface area contributed by atoms with Crippen LogP contribution in [0.25, 0.3) is 11.3 Å². The summed E-state index contributed by atoms with van der Waals surface area (Å²) < 4.78 is 5.66. The number of nitrogens with one attached hydrogen (secondary N) is 1. The van der Waals surface area contributed by atoms with Crippen LogP contribution >= 0.6 is 0 Å². The number of non-ortho nitro benzene ring substituents is 1. The van der Waals surface area contributed by atoms with Crippen LogP contribution in [0.1, 0.15) is 11.3 Å². The van der Waals surface area contributed by atoms with Crippen molar-refractivity contribution in [3.05, 3.63) is 86.1 Å². The van der Waals surface area contributed by atoms with Gasteiger partial charge in [0.05, 0.1) is 22.1 Å². The molecular formula is C18H14N4O5. The molecule has 9 nitrogen and oxygen atoms in total. The number of hydrazone groups is 1. The fourth-order valence-corrected chi connectivity index (χ4v) is 2.34. The van der Waals surface area contributed by atoms with Crippen molar-refractivity contribution in [3.63, 3.8) is 0 Å². The lowest BCUT2D eigenvalue weighted by Crippen LogP contribution is -1.98. The third-order valence-electron chi connectivity index (χ3n) is 3.73. The van der Waals surface area contributed by atoms with Crippen LogP contribution in [0.4, 0.5) is 17.1 Å². The van der Waals surface area contributed by atoms with Gasteiger partial charge in [0.15, 0.2) is 0 Å². The predicted octanol–water partition coefficient (Wildman–Crippen LogP) is 4.52. The van der Waals surface area contributed by atoms with Gasteiger partial charge in [-0.2, -0.15) is 5.10 Å². The van der Waals surface area contributed by atoms with E-state index in [0.29, 0.717) is 11.5 Å². The standard InChI is InChI=1S/C18H14N4O5/c1-12-2-4-13(5-3-12)18-9-7-15(27-18)11-19-20-16-8-6-14(21(23)24)10-17(16)22(25)26/h2-11,20H,1H3. The normalized spacial score (nSPS) is 10.9. The number of hydrogen-bond donors (Lipinski definition) is 1. The average molecular weight is 366 g/mol. The molecule has 0 aliphatic carbocycles. The number of hydrogen-bond acceptors (Lipinski definition) is 7. The molecule has 0 aliphatic rings. The molecule has 0 saturated heterocycles.